The summed E-state index contributed by atoms with van der Waals surface area (Å²) in [5.74, 6) is -0.435. The van der Waals surface area contributed by atoms with Crippen molar-refractivity contribution in [3.8, 4) is 0 Å². The van der Waals surface area contributed by atoms with Crippen molar-refractivity contribution in [1.82, 2.24) is 10.4 Å². The number of hydrogen-bond donors (Lipinski definition) is 3. The zero-order valence-corrected chi connectivity index (χ0v) is 11.7. The fourth-order valence-electron chi connectivity index (χ4n) is 2.16. The molecule has 0 aliphatic heterocycles. The topological polar surface area (TPSA) is 89.9 Å². The van der Waals surface area contributed by atoms with E-state index in [0.29, 0.717) is 0 Å². The van der Waals surface area contributed by atoms with Crippen LogP contribution in [0.5, 0.6) is 0 Å². The number of nitrogens with zero attached hydrogens (tertiary/aromatic N) is 1. The van der Waals surface area contributed by atoms with Crippen LogP contribution in [0.25, 0.3) is 0 Å². The summed E-state index contributed by atoms with van der Waals surface area (Å²) in [5, 5.41) is 13.2. The highest BCUT2D eigenvalue weighted by Gasteiger charge is 2.23. The van der Waals surface area contributed by atoms with Gasteiger partial charge in [0.2, 0.25) is 7.37 Å². The highest BCUT2D eigenvalue weighted by atomic mass is 31.2. The first-order chi connectivity index (χ1) is 8.40. The molecule has 1 aliphatic carbocycles. The summed E-state index contributed by atoms with van der Waals surface area (Å²) in [7, 11) is -3.15. The summed E-state index contributed by atoms with van der Waals surface area (Å²) in [6, 6.07) is -0.107. The molecule has 1 amide bonds. The lowest BCUT2D eigenvalue weighted by molar-refractivity contribution is -0.175. The van der Waals surface area contributed by atoms with Gasteiger partial charge in [-0.1, -0.05) is 25.7 Å². The summed E-state index contributed by atoms with van der Waals surface area (Å²) in [6.45, 7) is 1.12. The molecule has 1 rings (SSSR count). The van der Waals surface area contributed by atoms with Crippen LogP contribution in [0.1, 0.15) is 38.5 Å². The van der Waals surface area contributed by atoms with Crippen LogP contribution in [0.2, 0.25) is 0 Å². The van der Waals surface area contributed by atoms with E-state index >= 15 is 0 Å². The monoisotopic (exact) mass is 278 g/mol. The van der Waals surface area contributed by atoms with Crippen LogP contribution >= 0.6 is 7.37 Å². The second kappa shape index (κ2) is 7.24. The summed E-state index contributed by atoms with van der Waals surface area (Å²) < 4.78 is 11.0. The molecule has 1 fully saturated rings. The quantitative estimate of drug-likeness (QED) is 0.306. The molecule has 0 aromatic rings. The Morgan fingerprint density at radius 3 is 2.39 bits per heavy atom. The Labute approximate surface area is 108 Å². The predicted octanol–water partition coefficient (Wildman–Crippen LogP) is 1.37. The summed E-state index contributed by atoms with van der Waals surface area (Å²) in [4.78, 5) is 20.7. The second-order valence-corrected chi connectivity index (χ2v) is 7.44. The molecule has 0 radical (unpaired) electrons. The first kappa shape index (κ1) is 15.6. The van der Waals surface area contributed by atoms with E-state index in [1.54, 1.807) is 0 Å². The van der Waals surface area contributed by atoms with Crippen LogP contribution in [-0.4, -0.2) is 46.6 Å². The molecule has 3 N–H and O–H groups in total. The van der Waals surface area contributed by atoms with E-state index in [-0.39, 0.29) is 18.9 Å². The molecule has 1 aliphatic rings. The molecule has 0 heterocycles. The van der Waals surface area contributed by atoms with Gasteiger partial charge >= 0.3 is 0 Å². The van der Waals surface area contributed by atoms with Gasteiger partial charge in [-0.3, -0.25) is 19.9 Å². The van der Waals surface area contributed by atoms with Crippen LogP contribution in [0, 0.1) is 0 Å². The van der Waals surface area contributed by atoms with Crippen LogP contribution in [0.15, 0.2) is 0 Å². The van der Waals surface area contributed by atoms with Gasteiger partial charge in [0, 0.05) is 6.66 Å². The Balaban J connectivity index is 2.33. The van der Waals surface area contributed by atoms with Crippen molar-refractivity contribution in [2.75, 3.05) is 19.5 Å². The zero-order valence-electron chi connectivity index (χ0n) is 10.8. The molecule has 0 aromatic heterocycles. The Hall–Kier alpha value is -0.420. The average Bonchev–Trinajstić information content (AvgIpc) is 2.54. The minimum Gasteiger partial charge on any atom is -0.344 e. The summed E-state index contributed by atoms with van der Waals surface area (Å²) >= 11 is 0. The SMILES string of the molecule is CP(=O)(O)CNCC(=O)N(O)C1CCCCCC1. The number of hydroxylamine groups is 2. The van der Waals surface area contributed by atoms with Gasteiger partial charge in [-0.2, -0.15) is 0 Å². The number of rotatable bonds is 5. The third-order valence-electron chi connectivity index (χ3n) is 3.11. The van der Waals surface area contributed by atoms with Crippen LogP contribution in [0.4, 0.5) is 0 Å². The van der Waals surface area contributed by atoms with E-state index in [9.17, 15) is 14.6 Å². The van der Waals surface area contributed by atoms with E-state index < -0.39 is 13.3 Å². The minimum atomic E-state index is -3.15. The van der Waals surface area contributed by atoms with E-state index in [0.717, 1.165) is 43.6 Å². The van der Waals surface area contributed by atoms with Crippen LogP contribution < -0.4 is 5.32 Å². The number of nitrogens with one attached hydrogen (secondary N) is 1. The number of hydrogen-bond acceptors (Lipinski definition) is 4. The Morgan fingerprint density at radius 2 is 1.89 bits per heavy atom. The normalized spacial score (nSPS) is 21.1. The highest BCUT2D eigenvalue weighted by Crippen LogP contribution is 2.32. The van der Waals surface area contributed by atoms with Gasteiger partial charge in [0.05, 0.1) is 18.9 Å². The first-order valence-corrected chi connectivity index (χ1v) is 8.70. The van der Waals surface area contributed by atoms with Gasteiger partial charge in [-0.25, -0.2) is 5.06 Å². The number of amides is 1. The van der Waals surface area contributed by atoms with Crippen LogP contribution in [0.3, 0.4) is 0 Å². The van der Waals surface area contributed by atoms with Crippen LogP contribution in [-0.2, 0) is 9.36 Å². The minimum absolute atomic E-state index is 0.106. The molecule has 7 heteroatoms. The predicted molar refractivity (Wildman–Crippen MR) is 68.7 cm³/mol. The summed E-state index contributed by atoms with van der Waals surface area (Å²) in [6.07, 6.45) is 5.91. The Kier molecular flexibility index (Phi) is 6.29. The molecule has 18 heavy (non-hydrogen) atoms. The molecule has 0 aromatic carbocycles. The van der Waals surface area contributed by atoms with Gasteiger partial charge < -0.3 is 4.89 Å². The maximum absolute atomic E-state index is 11.7. The highest BCUT2D eigenvalue weighted by molar-refractivity contribution is 7.57. The molecule has 1 atom stereocenters. The van der Waals surface area contributed by atoms with Crippen molar-refractivity contribution in [3.05, 3.63) is 0 Å². The molecule has 0 saturated heterocycles. The van der Waals surface area contributed by atoms with Crippen molar-refractivity contribution in [1.29, 1.82) is 0 Å². The average molecular weight is 278 g/mol. The Bertz CT molecular complexity index is 310. The van der Waals surface area contributed by atoms with Crippen molar-refractivity contribution in [3.63, 3.8) is 0 Å². The number of carbonyl (C=O) groups is 1. The Morgan fingerprint density at radius 1 is 1.33 bits per heavy atom. The molecular weight excluding hydrogens is 255 g/mol. The van der Waals surface area contributed by atoms with E-state index in [2.05, 4.69) is 5.32 Å². The lowest BCUT2D eigenvalue weighted by Crippen LogP contribution is -2.42. The van der Waals surface area contributed by atoms with Crippen molar-refractivity contribution in [2.45, 2.75) is 44.6 Å². The lowest BCUT2D eigenvalue weighted by Gasteiger charge is -2.25. The molecule has 1 unspecified atom stereocenters. The largest absolute Gasteiger partial charge is 0.344 e. The van der Waals surface area contributed by atoms with Gasteiger partial charge in [0.25, 0.3) is 5.91 Å². The maximum atomic E-state index is 11.7. The molecule has 0 spiro atoms. The van der Waals surface area contributed by atoms with Gasteiger partial charge in [-0.15, -0.1) is 0 Å². The van der Waals surface area contributed by atoms with E-state index in [1.807, 2.05) is 0 Å². The van der Waals surface area contributed by atoms with Gasteiger partial charge in [0.1, 0.15) is 0 Å². The van der Waals surface area contributed by atoms with Gasteiger partial charge in [0.15, 0.2) is 0 Å². The van der Waals surface area contributed by atoms with E-state index in [1.165, 1.54) is 6.66 Å². The molecular formula is C11H23N2O4P. The molecule has 6 nitrogen and oxygen atoms in total. The smallest absolute Gasteiger partial charge is 0.260 e. The lowest BCUT2D eigenvalue weighted by atomic mass is 10.1. The first-order valence-electron chi connectivity index (χ1n) is 6.41. The fraction of sp³-hybridized carbons (Fsp3) is 0.909. The molecule has 1 saturated carbocycles. The fourth-order valence-corrected chi connectivity index (χ4v) is 2.68. The third kappa shape index (κ3) is 5.96. The molecule has 0 bridgehead atoms. The maximum Gasteiger partial charge on any atom is 0.260 e. The summed E-state index contributed by atoms with van der Waals surface area (Å²) in [5.41, 5.74) is 0. The van der Waals surface area contributed by atoms with E-state index in [4.69, 9.17) is 4.89 Å². The molecule has 106 valence electrons. The van der Waals surface area contributed by atoms with Gasteiger partial charge in [-0.05, 0) is 12.8 Å². The third-order valence-corrected chi connectivity index (χ3v) is 3.92. The number of carbonyl (C=O) groups excluding carboxylic acids is 1. The standard InChI is InChI=1S/C11H23N2O4P/c1-18(16,17)9-12-8-11(14)13(15)10-6-4-2-3-5-7-10/h10,12,15H,2-9H2,1H3,(H,16,17). The van der Waals surface area contributed by atoms with Crippen molar-refractivity contribution < 1.29 is 19.5 Å². The van der Waals surface area contributed by atoms with Crippen molar-refractivity contribution in [2.24, 2.45) is 0 Å². The van der Waals surface area contributed by atoms with Crippen molar-refractivity contribution >= 4 is 13.3 Å². The second-order valence-electron chi connectivity index (χ2n) is 5.02. The zero-order chi connectivity index (χ0) is 13.6.